The second kappa shape index (κ2) is 6.33. The minimum atomic E-state index is 0.0244. The molecule has 90 valence electrons. The first-order valence-corrected chi connectivity index (χ1v) is 5.77. The normalized spacial score (nSPS) is 12.4. The highest BCUT2D eigenvalue weighted by Crippen LogP contribution is 2.12. The monoisotopic (exact) mass is 223 g/mol. The van der Waals surface area contributed by atoms with Gasteiger partial charge in [-0.15, -0.1) is 0 Å². The Kier molecular flexibility index (Phi) is 5.05. The van der Waals surface area contributed by atoms with Crippen LogP contribution in [0.4, 0.5) is 0 Å². The molecule has 1 amide bonds. The third-order valence-corrected chi connectivity index (χ3v) is 2.58. The van der Waals surface area contributed by atoms with Crippen molar-refractivity contribution in [3.8, 4) is 0 Å². The average Bonchev–Trinajstić information content (AvgIpc) is 2.74. The summed E-state index contributed by atoms with van der Waals surface area (Å²) in [4.78, 5) is 11.2. The first-order valence-electron chi connectivity index (χ1n) is 5.77. The molecular formula is C12H21N3O. The second-order valence-electron chi connectivity index (χ2n) is 3.97. The van der Waals surface area contributed by atoms with Crippen molar-refractivity contribution in [2.45, 2.75) is 32.9 Å². The highest BCUT2D eigenvalue weighted by atomic mass is 16.1. The number of carbonyl (C=O) groups excluding carboxylic acids is 1. The first kappa shape index (κ1) is 12.8. The predicted octanol–water partition coefficient (Wildman–Crippen LogP) is 1.29. The largest absolute Gasteiger partial charge is 0.358 e. The number of likely N-dealkylation sites (N-methyl/N-ethyl adjacent to an activating group) is 1. The van der Waals surface area contributed by atoms with Crippen LogP contribution in [0.2, 0.25) is 0 Å². The molecule has 2 N–H and O–H groups in total. The van der Waals surface area contributed by atoms with Gasteiger partial charge in [-0.1, -0.05) is 6.92 Å². The lowest BCUT2D eigenvalue weighted by Gasteiger charge is -2.11. The van der Waals surface area contributed by atoms with Gasteiger partial charge in [-0.3, -0.25) is 4.79 Å². The molecule has 1 heterocycles. The number of amides is 1. The third kappa shape index (κ3) is 3.70. The van der Waals surface area contributed by atoms with Gasteiger partial charge in [0.05, 0.1) is 0 Å². The van der Waals surface area contributed by atoms with Gasteiger partial charge in [0.15, 0.2) is 0 Å². The highest BCUT2D eigenvalue weighted by molar-refractivity contribution is 5.75. The number of aromatic nitrogens is 1. The Labute approximate surface area is 97.0 Å². The van der Waals surface area contributed by atoms with Crippen molar-refractivity contribution < 1.29 is 4.79 Å². The Morgan fingerprint density at radius 1 is 1.56 bits per heavy atom. The molecule has 4 nitrogen and oxygen atoms in total. The zero-order valence-corrected chi connectivity index (χ0v) is 10.3. The van der Waals surface area contributed by atoms with E-state index in [0.717, 1.165) is 13.0 Å². The molecule has 16 heavy (non-hydrogen) atoms. The van der Waals surface area contributed by atoms with Crippen LogP contribution in [0.3, 0.4) is 0 Å². The molecule has 4 heteroatoms. The van der Waals surface area contributed by atoms with Gasteiger partial charge < -0.3 is 15.2 Å². The van der Waals surface area contributed by atoms with E-state index in [9.17, 15) is 4.79 Å². The molecule has 0 aliphatic heterocycles. The Balaban J connectivity index is 2.53. The second-order valence-corrected chi connectivity index (χ2v) is 3.97. The molecule has 1 atom stereocenters. The number of nitrogens with zero attached hydrogens (tertiary/aromatic N) is 1. The Bertz CT molecular complexity index is 333. The van der Waals surface area contributed by atoms with Gasteiger partial charge in [0.25, 0.3) is 0 Å². The van der Waals surface area contributed by atoms with E-state index in [4.69, 9.17) is 0 Å². The molecule has 1 aromatic rings. The summed E-state index contributed by atoms with van der Waals surface area (Å²) in [5.41, 5.74) is 1.22. The first-order chi connectivity index (χ1) is 7.67. The molecule has 0 spiro atoms. The zero-order valence-electron chi connectivity index (χ0n) is 10.3. The fraction of sp³-hybridized carbons (Fsp3) is 0.583. The Morgan fingerprint density at radius 3 is 2.94 bits per heavy atom. The summed E-state index contributed by atoms with van der Waals surface area (Å²) in [5, 5.41) is 6.03. The van der Waals surface area contributed by atoms with E-state index in [1.165, 1.54) is 5.56 Å². The lowest BCUT2D eigenvalue weighted by molar-refractivity contribution is -0.121. The van der Waals surface area contributed by atoms with Gasteiger partial charge >= 0.3 is 0 Å². The summed E-state index contributed by atoms with van der Waals surface area (Å²) in [6, 6.07) is 2.39. The molecular weight excluding hydrogens is 202 g/mol. The van der Waals surface area contributed by atoms with Crippen LogP contribution in [0.5, 0.6) is 0 Å². The highest BCUT2D eigenvalue weighted by Gasteiger charge is 2.06. The van der Waals surface area contributed by atoms with Crippen LogP contribution in [-0.2, 0) is 11.3 Å². The van der Waals surface area contributed by atoms with Crippen LogP contribution in [0, 0.1) is 0 Å². The molecule has 1 unspecified atom stereocenters. The van der Waals surface area contributed by atoms with E-state index in [1.54, 1.807) is 7.05 Å². The van der Waals surface area contributed by atoms with Gasteiger partial charge in [-0.2, -0.15) is 0 Å². The standard InChI is InChI=1S/C12H21N3O/c1-4-6-14-10(2)11-5-7-15(8-11)9-12(16)13-3/h5,7-8,10,14H,4,6,9H2,1-3H3,(H,13,16). The summed E-state index contributed by atoms with van der Waals surface area (Å²) in [7, 11) is 1.65. The van der Waals surface area contributed by atoms with Crippen LogP contribution in [-0.4, -0.2) is 24.1 Å². The van der Waals surface area contributed by atoms with Gasteiger partial charge in [0.1, 0.15) is 6.54 Å². The molecule has 1 rings (SSSR count). The molecule has 0 aliphatic rings. The van der Waals surface area contributed by atoms with E-state index in [2.05, 4.69) is 30.5 Å². The maximum absolute atomic E-state index is 11.2. The summed E-state index contributed by atoms with van der Waals surface area (Å²) in [5.74, 6) is 0.0244. The SMILES string of the molecule is CCCNC(C)c1ccn(CC(=O)NC)c1. The summed E-state index contributed by atoms with van der Waals surface area (Å²) in [6.07, 6.45) is 5.08. The average molecular weight is 223 g/mol. The summed E-state index contributed by atoms with van der Waals surface area (Å²) < 4.78 is 1.90. The molecule has 0 aliphatic carbocycles. The van der Waals surface area contributed by atoms with E-state index >= 15 is 0 Å². The van der Waals surface area contributed by atoms with Gasteiger partial charge in [0.2, 0.25) is 5.91 Å². The van der Waals surface area contributed by atoms with E-state index in [1.807, 2.05) is 17.0 Å². The minimum absolute atomic E-state index is 0.0244. The molecule has 0 saturated heterocycles. The molecule has 0 saturated carbocycles. The van der Waals surface area contributed by atoms with Crippen LogP contribution in [0.1, 0.15) is 31.9 Å². The van der Waals surface area contributed by atoms with Crippen LogP contribution in [0.15, 0.2) is 18.5 Å². The van der Waals surface area contributed by atoms with Crippen LogP contribution >= 0.6 is 0 Å². The van der Waals surface area contributed by atoms with E-state index in [0.29, 0.717) is 12.6 Å². The molecule has 0 bridgehead atoms. The smallest absolute Gasteiger partial charge is 0.239 e. The molecule has 1 aromatic heterocycles. The minimum Gasteiger partial charge on any atom is -0.358 e. The summed E-state index contributed by atoms with van der Waals surface area (Å²) >= 11 is 0. The molecule has 0 fully saturated rings. The fourth-order valence-corrected chi connectivity index (χ4v) is 1.54. The maximum atomic E-state index is 11.2. The van der Waals surface area contributed by atoms with Crippen molar-refractivity contribution in [3.05, 3.63) is 24.0 Å². The number of hydrogen-bond donors (Lipinski definition) is 2. The number of carbonyl (C=O) groups is 1. The Morgan fingerprint density at radius 2 is 2.31 bits per heavy atom. The lowest BCUT2D eigenvalue weighted by Crippen LogP contribution is -2.23. The van der Waals surface area contributed by atoms with Crippen molar-refractivity contribution in [2.24, 2.45) is 0 Å². The topological polar surface area (TPSA) is 46.1 Å². The van der Waals surface area contributed by atoms with Crippen molar-refractivity contribution >= 4 is 5.91 Å². The third-order valence-electron chi connectivity index (χ3n) is 2.58. The Hall–Kier alpha value is -1.29. The van der Waals surface area contributed by atoms with Crippen LogP contribution < -0.4 is 10.6 Å². The molecule has 0 aromatic carbocycles. The van der Waals surface area contributed by atoms with E-state index < -0.39 is 0 Å². The van der Waals surface area contributed by atoms with E-state index in [-0.39, 0.29) is 5.91 Å². The van der Waals surface area contributed by atoms with Crippen molar-refractivity contribution in [2.75, 3.05) is 13.6 Å². The van der Waals surface area contributed by atoms with Crippen molar-refractivity contribution in [1.82, 2.24) is 15.2 Å². The number of rotatable bonds is 6. The maximum Gasteiger partial charge on any atom is 0.239 e. The summed E-state index contributed by atoms with van der Waals surface area (Å²) in [6.45, 7) is 5.69. The van der Waals surface area contributed by atoms with Gasteiger partial charge in [-0.25, -0.2) is 0 Å². The zero-order chi connectivity index (χ0) is 12.0. The fourth-order valence-electron chi connectivity index (χ4n) is 1.54. The van der Waals surface area contributed by atoms with Crippen molar-refractivity contribution in [3.63, 3.8) is 0 Å². The van der Waals surface area contributed by atoms with Gasteiger partial charge in [0, 0.05) is 25.5 Å². The quantitative estimate of drug-likeness (QED) is 0.763. The van der Waals surface area contributed by atoms with Gasteiger partial charge in [-0.05, 0) is 31.5 Å². The number of hydrogen-bond acceptors (Lipinski definition) is 2. The lowest BCUT2D eigenvalue weighted by atomic mass is 10.2. The number of nitrogens with one attached hydrogen (secondary N) is 2. The molecule has 0 radical (unpaired) electrons. The van der Waals surface area contributed by atoms with Crippen LogP contribution in [0.25, 0.3) is 0 Å². The predicted molar refractivity (Wildman–Crippen MR) is 65.2 cm³/mol. The van der Waals surface area contributed by atoms with Crippen molar-refractivity contribution in [1.29, 1.82) is 0 Å².